The van der Waals surface area contributed by atoms with Crippen molar-refractivity contribution in [2.45, 2.75) is 39.7 Å². The minimum Gasteiger partial charge on any atom is -0.381 e. The largest absolute Gasteiger partial charge is 0.381 e. The Morgan fingerprint density at radius 2 is 2.05 bits per heavy atom. The van der Waals surface area contributed by atoms with Gasteiger partial charge >= 0.3 is 0 Å². The number of anilines is 1. The lowest BCUT2D eigenvalue weighted by Gasteiger charge is -2.20. The molecule has 1 aromatic rings. The number of hydrogen-bond donors (Lipinski definition) is 1. The molecule has 1 N–H and O–H groups in total. The zero-order chi connectivity index (χ0) is 15.0. The highest BCUT2D eigenvalue weighted by Crippen LogP contribution is 2.24. The molecule has 0 aliphatic carbocycles. The van der Waals surface area contributed by atoms with E-state index < -0.39 is 0 Å². The first-order valence-corrected chi connectivity index (χ1v) is 8.09. The van der Waals surface area contributed by atoms with Crippen LogP contribution >= 0.6 is 15.9 Å². The maximum Gasteiger partial charge on any atom is 0.103 e. The van der Waals surface area contributed by atoms with Gasteiger partial charge in [-0.3, -0.25) is 0 Å². The monoisotopic (exact) mass is 337 g/mol. The molecular weight excluding hydrogens is 314 g/mol. The van der Waals surface area contributed by atoms with Crippen LogP contribution in [0.5, 0.6) is 0 Å². The van der Waals surface area contributed by atoms with Crippen LogP contribution in [0.4, 0.5) is 5.69 Å². The van der Waals surface area contributed by atoms with Gasteiger partial charge in [-0.1, -0.05) is 19.9 Å². The summed E-state index contributed by atoms with van der Waals surface area (Å²) in [6.45, 7) is 9.94. The van der Waals surface area contributed by atoms with Crippen molar-refractivity contribution < 1.29 is 0 Å². The van der Waals surface area contributed by atoms with E-state index in [1.165, 1.54) is 6.42 Å². The number of hydrogen-bond acceptors (Lipinski definition) is 3. The molecule has 20 heavy (non-hydrogen) atoms. The number of nitrogens with one attached hydrogen (secondary N) is 1. The van der Waals surface area contributed by atoms with Crippen molar-refractivity contribution in [2.75, 3.05) is 25.0 Å². The molecule has 1 atom stereocenters. The van der Waals surface area contributed by atoms with E-state index in [0.29, 0.717) is 11.6 Å². The number of benzene rings is 1. The topological polar surface area (TPSA) is 39.1 Å². The number of halogens is 1. The molecule has 0 aliphatic rings. The molecule has 0 heterocycles. The molecular formula is C16H24BrN3. The third-order valence-electron chi connectivity index (χ3n) is 3.53. The first-order chi connectivity index (χ1) is 9.62. The number of nitrogens with zero attached hydrogens (tertiary/aromatic N) is 2. The predicted octanol–water partition coefficient (Wildman–Crippen LogP) is 4.24. The summed E-state index contributed by atoms with van der Waals surface area (Å²) in [5.74, 6) is 0. The van der Waals surface area contributed by atoms with E-state index in [-0.39, 0.29) is 0 Å². The van der Waals surface area contributed by atoms with Crippen LogP contribution in [0.3, 0.4) is 0 Å². The third-order valence-corrected chi connectivity index (χ3v) is 4.19. The molecule has 0 amide bonds. The van der Waals surface area contributed by atoms with Crippen LogP contribution in [0.1, 0.15) is 39.2 Å². The van der Waals surface area contributed by atoms with Gasteiger partial charge in [-0.15, -0.1) is 0 Å². The highest BCUT2D eigenvalue weighted by Gasteiger charge is 2.09. The van der Waals surface area contributed by atoms with Gasteiger partial charge in [-0.05, 0) is 67.5 Å². The molecule has 0 bridgehead atoms. The second-order valence-electron chi connectivity index (χ2n) is 4.99. The summed E-state index contributed by atoms with van der Waals surface area (Å²) in [7, 11) is 0. The van der Waals surface area contributed by atoms with Gasteiger partial charge in [-0.25, -0.2) is 0 Å². The van der Waals surface area contributed by atoms with E-state index in [2.05, 4.69) is 53.0 Å². The molecule has 0 aromatic heterocycles. The van der Waals surface area contributed by atoms with Crippen molar-refractivity contribution >= 4 is 21.6 Å². The molecule has 1 unspecified atom stereocenters. The molecule has 1 rings (SSSR count). The smallest absolute Gasteiger partial charge is 0.103 e. The Bertz CT molecular complexity index is 450. The summed E-state index contributed by atoms with van der Waals surface area (Å²) >= 11 is 3.42. The first-order valence-electron chi connectivity index (χ1n) is 7.29. The fourth-order valence-corrected chi connectivity index (χ4v) is 2.71. The van der Waals surface area contributed by atoms with E-state index in [4.69, 9.17) is 0 Å². The van der Waals surface area contributed by atoms with Gasteiger partial charge in [0.05, 0.1) is 11.3 Å². The lowest BCUT2D eigenvalue weighted by atomic mass is 10.1. The van der Waals surface area contributed by atoms with Crippen LogP contribution < -0.4 is 5.32 Å². The molecule has 4 heteroatoms. The summed E-state index contributed by atoms with van der Waals surface area (Å²) in [6.07, 6.45) is 2.28. The van der Waals surface area contributed by atoms with Gasteiger partial charge in [0, 0.05) is 10.5 Å². The fraction of sp³-hybridized carbons (Fsp3) is 0.562. The zero-order valence-corrected chi connectivity index (χ0v) is 14.2. The average molecular weight is 338 g/mol. The number of rotatable bonds is 8. The average Bonchev–Trinajstić information content (AvgIpc) is 2.44. The highest BCUT2D eigenvalue weighted by atomic mass is 79.9. The highest BCUT2D eigenvalue weighted by molar-refractivity contribution is 9.10. The van der Waals surface area contributed by atoms with Crippen molar-refractivity contribution in [1.82, 2.24) is 4.90 Å². The summed E-state index contributed by atoms with van der Waals surface area (Å²) in [5.41, 5.74) is 1.60. The van der Waals surface area contributed by atoms with Crippen LogP contribution in [-0.4, -0.2) is 30.6 Å². The molecule has 0 spiro atoms. The van der Waals surface area contributed by atoms with E-state index >= 15 is 0 Å². The zero-order valence-electron chi connectivity index (χ0n) is 12.6. The molecule has 0 radical (unpaired) electrons. The van der Waals surface area contributed by atoms with E-state index in [1.807, 2.05) is 18.2 Å². The Balaban J connectivity index is 2.49. The molecule has 0 saturated carbocycles. The Kier molecular flexibility index (Phi) is 7.64. The van der Waals surface area contributed by atoms with Gasteiger partial charge < -0.3 is 10.2 Å². The molecule has 3 nitrogen and oxygen atoms in total. The van der Waals surface area contributed by atoms with Crippen LogP contribution in [0, 0.1) is 11.3 Å². The van der Waals surface area contributed by atoms with Crippen molar-refractivity contribution in [3.05, 3.63) is 28.2 Å². The van der Waals surface area contributed by atoms with E-state index in [9.17, 15) is 5.26 Å². The van der Waals surface area contributed by atoms with Gasteiger partial charge in [0.25, 0.3) is 0 Å². The van der Waals surface area contributed by atoms with Crippen LogP contribution in [0.2, 0.25) is 0 Å². The van der Waals surface area contributed by atoms with Gasteiger partial charge in [0.1, 0.15) is 6.07 Å². The van der Waals surface area contributed by atoms with Gasteiger partial charge in [0.2, 0.25) is 0 Å². The van der Waals surface area contributed by atoms with Crippen LogP contribution in [-0.2, 0) is 0 Å². The summed E-state index contributed by atoms with van der Waals surface area (Å²) in [6, 6.07) is 8.43. The van der Waals surface area contributed by atoms with E-state index in [0.717, 1.165) is 36.2 Å². The minimum absolute atomic E-state index is 0.368. The molecule has 0 saturated heterocycles. The Labute approximate surface area is 131 Å². The van der Waals surface area contributed by atoms with Gasteiger partial charge in [-0.2, -0.15) is 5.26 Å². The molecule has 1 aromatic carbocycles. The van der Waals surface area contributed by atoms with Crippen LogP contribution in [0.25, 0.3) is 0 Å². The predicted molar refractivity (Wildman–Crippen MR) is 89.0 cm³/mol. The van der Waals surface area contributed by atoms with Gasteiger partial charge in [0.15, 0.2) is 0 Å². The second-order valence-corrected chi connectivity index (χ2v) is 5.84. The standard InChI is InChI=1S/C16H24BrN3/c1-4-20(5-2)11-7-8-13(3)19-16-10-6-9-15(17)14(16)12-18/h6,9-10,13,19H,4-5,7-8,11H2,1-3H3. The molecule has 0 aliphatic heterocycles. The quantitative estimate of drug-likeness (QED) is 0.770. The third kappa shape index (κ3) is 5.15. The summed E-state index contributed by atoms with van der Waals surface area (Å²) in [5, 5.41) is 12.6. The van der Waals surface area contributed by atoms with Crippen molar-refractivity contribution in [2.24, 2.45) is 0 Å². The first kappa shape index (κ1) is 17.0. The van der Waals surface area contributed by atoms with Crippen LogP contribution in [0.15, 0.2) is 22.7 Å². The lowest BCUT2D eigenvalue weighted by molar-refractivity contribution is 0.295. The maximum absolute atomic E-state index is 9.20. The fourth-order valence-electron chi connectivity index (χ4n) is 2.26. The van der Waals surface area contributed by atoms with Crippen molar-refractivity contribution in [3.63, 3.8) is 0 Å². The van der Waals surface area contributed by atoms with E-state index in [1.54, 1.807) is 0 Å². The summed E-state index contributed by atoms with van der Waals surface area (Å²) < 4.78 is 0.848. The second kappa shape index (κ2) is 8.99. The Morgan fingerprint density at radius 3 is 2.65 bits per heavy atom. The van der Waals surface area contributed by atoms with Crippen molar-refractivity contribution in [3.8, 4) is 6.07 Å². The molecule has 110 valence electrons. The normalized spacial score (nSPS) is 12.2. The maximum atomic E-state index is 9.20. The summed E-state index contributed by atoms with van der Waals surface area (Å²) in [4.78, 5) is 2.44. The minimum atomic E-state index is 0.368. The molecule has 0 fully saturated rings. The Hall–Kier alpha value is -1.05. The van der Waals surface area contributed by atoms with Crippen molar-refractivity contribution in [1.29, 1.82) is 5.26 Å². The lowest BCUT2D eigenvalue weighted by Crippen LogP contribution is -2.25. The SMILES string of the molecule is CCN(CC)CCCC(C)Nc1cccc(Br)c1C#N. The Morgan fingerprint density at radius 1 is 1.35 bits per heavy atom. The number of nitriles is 1.